The van der Waals surface area contributed by atoms with Crippen molar-refractivity contribution in [3.63, 3.8) is 0 Å². The van der Waals surface area contributed by atoms with Crippen LogP contribution < -0.4 is 0 Å². The van der Waals surface area contributed by atoms with Gasteiger partial charge in [0.1, 0.15) is 0 Å². The second kappa shape index (κ2) is 3.78. The number of ether oxygens (including phenoxy) is 1. The molecule has 1 heterocycles. The molecule has 0 aromatic heterocycles. The van der Waals surface area contributed by atoms with Crippen LogP contribution in [0, 0.1) is 11.8 Å². The summed E-state index contributed by atoms with van der Waals surface area (Å²) in [5.41, 5.74) is -0.528. The second-order valence-corrected chi connectivity index (χ2v) is 5.63. The van der Waals surface area contributed by atoms with Gasteiger partial charge in [0, 0.05) is 5.92 Å². The molecule has 0 spiro atoms. The first-order valence-corrected chi connectivity index (χ1v) is 5.62. The molecular formula is C12H22O3. The predicted octanol–water partition coefficient (Wildman–Crippen LogP) is 2.69. The predicted molar refractivity (Wildman–Crippen MR) is 58.8 cm³/mol. The average molecular weight is 214 g/mol. The van der Waals surface area contributed by atoms with Gasteiger partial charge in [-0.25, -0.2) is 0 Å². The van der Waals surface area contributed by atoms with Crippen LogP contribution in [-0.4, -0.2) is 22.3 Å². The van der Waals surface area contributed by atoms with E-state index in [4.69, 9.17) is 4.74 Å². The molecule has 3 heteroatoms. The van der Waals surface area contributed by atoms with Crippen LogP contribution in [0.3, 0.4) is 0 Å². The Morgan fingerprint density at radius 1 is 1.47 bits per heavy atom. The summed E-state index contributed by atoms with van der Waals surface area (Å²) in [5, 5.41) is 9.18. The molecule has 0 bridgehead atoms. The summed E-state index contributed by atoms with van der Waals surface area (Å²) in [6.45, 7) is 9.99. The maximum atomic E-state index is 11.2. The molecule has 1 N–H and O–H groups in total. The number of rotatable bonds is 3. The summed E-state index contributed by atoms with van der Waals surface area (Å²) in [4.78, 5) is 11.2. The van der Waals surface area contributed by atoms with Crippen LogP contribution in [0.5, 0.6) is 0 Å². The Hall–Kier alpha value is -0.570. The quantitative estimate of drug-likeness (QED) is 0.785. The van der Waals surface area contributed by atoms with Crippen molar-refractivity contribution in [1.82, 2.24) is 0 Å². The zero-order chi connectivity index (χ0) is 11.9. The number of hydrogen-bond acceptors (Lipinski definition) is 2. The molecule has 1 fully saturated rings. The molecule has 1 aliphatic heterocycles. The van der Waals surface area contributed by atoms with Gasteiger partial charge in [-0.2, -0.15) is 0 Å². The van der Waals surface area contributed by atoms with Crippen LogP contribution in [0.4, 0.5) is 0 Å². The molecule has 1 aliphatic rings. The Balaban J connectivity index is 2.90. The Kier molecular flexibility index (Phi) is 3.15. The lowest BCUT2D eigenvalue weighted by Gasteiger charge is -2.30. The van der Waals surface area contributed by atoms with Gasteiger partial charge >= 0.3 is 5.97 Å². The molecule has 2 unspecified atom stereocenters. The molecule has 0 aromatic rings. The average Bonchev–Trinajstić information content (AvgIpc) is 2.20. The van der Waals surface area contributed by atoms with Gasteiger partial charge in [-0.15, -0.1) is 0 Å². The Labute approximate surface area is 91.8 Å². The smallest absolute Gasteiger partial charge is 0.306 e. The molecule has 1 rings (SSSR count). The Morgan fingerprint density at radius 2 is 2.00 bits per heavy atom. The summed E-state index contributed by atoms with van der Waals surface area (Å²) >= 11 is 0. The number of aliphatic carboxylic acids is 1. The number of hydrogen-bond donors (Lipinski definition) is 1. The lowest BCUT2D eigenvalue weighted by molar-refractivity contribution is -0.147. The Bertz CT molecular complexity index is 256. The summed E-state index contributed by atoms with van der Waals surface area (Å²) in [6.07, 6.45) is 1.49. The van der Waals surface area contributed by atoms with Gasteiger partial charge in [0.25, 0.3) is 0 Å². The van der Waals surface area contributed by atoms with E-state index in [9.17, 15) is 9.90 Å². The summed E-state index contributed by atoms with van der Waals surface area (Å²) < 4.78 is 5.92. The third-order valence-electron chi connectivity index (χ3n) is 3.39. The standard InChI is InChI=1S/C12H22O3/c1-6-8(10(13)14)9-7-11(2,3)15-12(9,4)5/h8-9H,6-7H2,1-5H3,(H,13,14). The zero-order valence-corrected chi connectivity index (χ0v) is 10.3. The maximum absolute atomic E-state index is 11.2. The first-order valence-electron chi connectivity index (χ1n) is 5.62. The van der Waals surface area contributed by atoms with Gasteiger partial charge in [0.15, 0.2) is 0 Å². The van der Waals surface area contributed by atoms with Crippen LogP contribution >= 0.6 is 0 Å². The van der Waals surface area contributed by atoms with Crippen LogP contribution in [0.25, 0.3) is 0 Å². The summed E-state index contributed by atoms with van der Waals surface area (Å²) in [5.74, 6) is -0.881. The highest BCUT2D eigenvalue weighted by atomic mass is 16.5. The maximum Gasteiger partial charge on any atom is 0.306 e. The largest absolute Gasteiger partial charge is 0.481 e. The van der Waals surface area contributed by atoms with E-state index in [-0.39, 0.29) is 23.0 Å². The van der Waals surface area contributed by atoms with Gasteiger partial charge in [0.2, 0.25) is 0 Å². The molecule has 15 heavy (non-hydrogen) atoms. The van der Waals surface area contributed by atoms with Crippen molar-refractivity contribution < 1.29 is 14.6 Å². The fourth-order valence-corrected chi connectivity index (χ4v) is 2.86. The lowest BCUT2D eigenvalue weighted by atomic mass is 9.76. The van der Waals surface area contributed by atoms with E-state index in [0.717, 1.165) is 6.42 Å². The summed E-state index contributed by atoms with van der Waals surface area (Å²) in [6, 6.07) is 0. The normalized spacial score (nSPS) is 30.1. The molecule has 3 nitrogen and oxygen atoms in total. The molecular weight excluding hydrogens is 192 g/mol. The van der Waals surface area contributed by atoms with Crippen LogP contribution in [0.2, 0.25) is 0 Å². The van der Waals surface area contributed by atoms with E-state index in [1.807, 2.05) is 34.6 Å². The molecule has 0 amide bonds. The van der Waals surface area contributed by atoms with Crippen molar-refractivity contribution in [1.29, 1.82) is 0 Å². The molecule has 0 saturated carbocycles. The third kappa shape index (κ3) is 2.51. The van der Waals surface area contributed by atoms with Gasteiger partial charge in [0.05, 0.1) is 17.1 Å². The minimum atomic E-state index is -0.697. The second-order valence-electron chi connectivity index (χ2n) is 5.63. The van der Waals surface area contributed by atoms with Gasteiger partial charge in [-0.3, -0.25) is 4.79 Å². The monoisotopic (exact) mass is 214 g/mol. The SMILES string of the molecule is CCC(C(=O)O)C1CC(C)(C)OC1(C)C. The topological polar surface area (TPSA) is 46.5 Å². The first kappa shape index (κ1) is 12.5. The van der Waals surface area contributed by atoms with Crippen LogP contribution in [0.1, 0.15) is 47.5 Å². The van der Waals surface area contributed by atoms with Gasteiger partial charge in [-0.1, -0.05) is 6.92 Å². The molecule has 88 valence electrons. The van der Waals surface area contributed by atoms with E-state index in [2.05, 4.69) is 0 Å². The van der Waals surface area contributed by atoms with Crippen molar-refractivity contribution in [2.75, 3.05) is 0 Å². The van der Waals surface area contributed by atoms with E-state index in [1.165, 1.54) is 0 Å². The van der Waals surface area contributed by atoms with Crippen molar-refractivity contribution in [3.8, 4) is 0 Å². The van der Waals surface area contributed by atoms with E-state index < -0.39 is 5.97 Å². The fraction of sp³-hybridized carbons (Fsp3) is 0.917. The van der Waals surface area contributed by atoms with E-state index >= 15 is 0 Å². The first-order chi connectivity index (χ1) is 6.69. The third-order valence-corrected chi connectivity index (χ3v) is 3.39. The highest BCUT2D eigenvalue weighted by molar-refractivity contribution is 5.70. The van der Waals surface area contributed by atoms with Crippen molar-refractivity contribution in [3.05, 3.63) is 0 Å². The van der Waals surface area contributed by atoms with Crippen molar-refractivity contribution >= 4 is 5.97 Å². The van der Waals surface area contributed by atoms with Crippen molar-refractivity contribution in [2.45, 2.75) is 58.7 Å². The minimum absolute atomic E-state index is 0.106. The Morgan fingerprint density at radius 3 is 2.27 bits per heavy atom. The highest BCUT2D eigenvalue weighted by Gasteiger charge is 2.50. The summed E-state index contributed by atoms with van der Waals surface area (Å²) in [7, 11) is 0. The molecule has 0 aliphatic carbocycles. The zero-order valence-electron chi connectivity index (χ0n) is 10.3. The fourth-order valence-electron chi connectivity index (χ4n) is 2.86. The van der Waals surface area contributed by atoms with E-state index in [0.29, 0.717) is 6.42 Å². The van der Waals surface area contributed by atoms with E-state index in [1.54, 1.807) is 0 Å². The number of carboxylic acids is 1. The van der Waals surface area contributed by atoms with Crippen LogP contribution in [-0.2, 0) is 9.53 Å². The molecule has 2 atom stereocenters. The lowest BCUT2D eigenvalue weighted by Crippen LogP contribution is -2.36. The van der Waals surface area contributed by atoms with Crippen molar-refractivity contribution in [2.24, 2.45) is 11.8 Å². The molecule has 0 aromatic carbocycles. The number of carboxylic acid groups (broad SMARTS) is 1. The highest BCUT2D eigenvalue weighted by Crippen LogP contribution is 2.46. The minimum Gasteiger partial charge on any atom is -0.481 e. The molecule has 1 saturated heterocycles. The van der Waals surface area contributed by atoms with Gasteiger partial charge < -0.3 is 9.84 Å². The van der Waals surface area contributed by atoms with Gasteiger partial charge in [-0.05, 0) is 40.5 Å². The molecule has 0 radical (unpaired) electrons. The van der Waals surface area contributed by atoms with Crippen LogP contribution in [0.15, 0.2) is 0 Å². The number of carbonyl (C=O) groups is 1.